The van der Waals surface area contributed by atoms with Crippen molar-refractivity contribution >= 4 is 138 Å². The molecule has 0 spiro atoms. The zero-order chi connectivity index (χ0) is 102. The smallest absolute Gasteiger partial charge is 0.326 e. The van der Waals surface area contributed by atoms with Crippen molar-refractivity contribution in [3.05, 3.63) is 59.7 Å². The zero-order valence-corrected chi connectivity index (χ0v) is 78.4. The van der Waals surface area contributed by atoms with Crippen LogP contribution in [0.4, 0.5) is 4.79 Å². The first-order valence-corrected chi connectivity index (χ1v) is 45.2. The Kier molecular flexibility index (Phi) is 51.1. The van der Waals surface area contributed by atoms with Gasteiger partial charge in [-0.1, -0.05) is 58.4 Å². The summed E-state index contributed by atoms with van der Waals surface area (Å²) in [6, 6.07) is -16.3. The van der Waals surface area contributed by atoms with Crippen LogP contribution in [0.2, 0.25) is 0 Å². The van der Waals surface area contributed by atoms with Gasteiger partial charge in [0.25, 0.3) is 0 Å². The number of phenols is 2. The molecule has 52 heteroatoms. The molecule has 0 unspecified atom stereocenters. The maximum Gasteiger partial charge on any atom is 0.326 e. The van der Waals surface area contributed by atoms with Gasteiger partial charge in [-0.25, -0.2) is 9.59 Å². The molecule has 3 rings (SSSR count). The highest BCUT2D eigenvalue weighted by atomic mass is 32.1. The molecule has 0 saturated carbocycles. The number of primary amides is 2. The second-order valence-corrected chi connectivity index (χ2v) is 35.1. The van der Waals surface area contributed by atoms with Crippen molar-refractivity contribution in [2.75, 3.05) is 58.2 Å². The van der Waals surface area contributed by atoms with Crippen molar-refractivity contribution in [2.24, 2.45) is 57.7 Å². The second-order valence-electron chi connectivity index (χ2n) is 33.6. The number of carbonyl (C=O) groups is 18. The number of likely N-dealkylation sites (tertiary alicyclic amines) is 1. The summed E-state index contributed by atoms with van der Waals surface area (Å²) in [5, 5.41) is 109. The lowest BCUT2D eigenvalue weighted by Gasteiger charge is -2.34. The number of nitrogens with two attached hydrogens (primary N) is 8. The van der Waals surface area contributed by atoms with Crippen LogP contribution in [0.1, 0.15) is 143 Å². The summed E-state index contributed by atoms with van der Waals surface area (Å²) in [5.41, 5.74) is 46.7. The molecule has 2 aromatic rings. The first kappa shape index (κ1) is 117. The number of thiol groups is 2. The lowest BCUT2D eigenvalue weighted by atomic mass is 9.95. The molecule has 0 radical (unpaired) electrons. The van der Waals surface area contributed by atoms with E-state index in [2.05, 4.69) is 110 Å². The number of nitrogens with one attached hydrogen (secondary N) is 17. The van der Waals surface area contributed by atoms with Crippen LogP contribution in [0.15, 0.2) is 48.5 Å². The molecule has 18 amide bonds. The Hall–Kier alpha value is -12.0. The van der Waals surface area contributed by atoms with Crippen molar-refractivity contribution in [3.8, 4) is 11.5 Å². The van der Waals surface area contributed by atoms with Crippen LogP contribution < -0.4 is 131 Å². The number of hydrogen-bond acceptors (Lipinski definition) is 31. The van der Waals surface area contributed by atoms with Gasteiger partial charge >= 0.3 is 12.0 Å². The van der Waals surface area contributed by atoms with Crippen LogP contribution in [-0.2, 0) is 94.3 Å². The average molecular weight is 1950 g/mol. The number of nitrogens with zero attached hydrogens (tertiary/aromatic N) is 1. The fourth-order valence-electron chi connectivity index (χ4n) is 13.8. The number of hydrogen-bond donors (Lipinski definition) is 33. The number of carbonyl (C=O) groups excluding carboxylic acids is 17. The summed E-state index contributed by atoms with van der Waals surface area (Å²) >= 11 is 8.78. The van der Waals surface area contributed by atoms with Gasteiger partial charge in [0.2, 0.25) is 94.5 Å². The molecule has 0 aromatic heterocycles. The highest BCUT2D eigenvalue weighted by Crippen LogP contribution is 2.25. The van der Waals surface area contributed by atoms with E-state index in [1.165, 1.54) is 62.4 Å². The van der Waals surface area contributed by atoms with E-state index in [0.717, 1.165) is 11.8 Å². The predicted molar refractivity (Wildman–Crippen MR) is 496 cm³/mol. The Morgan fingerprint density at radius 1 is 0.481 bits per heavy atom. The standard InChI is InChI=1S/C83H138N26O24S2/c1-8-41(4)62(106-75(126)59-35-47(114)37-109(59)79(130)61(89)40(2)3)76(127)108-64(83(6,7)135)78(129)102-54(33-43-16-20-45(112)21-17-43)71(122)104-57(38-110)73(124)101-55(36-60(88)115)72(123)97-49(14-11-31-93-81(90)91)66(117)96-50(15-12-32-94-82(92)133)70(121)107-63(42(5)111)77(128)100-53(26-30-87)68(119)95-48(13-9-10-27-84)65(116)98-51(24-28-85)67(118)99-52(25-29-86)69(120)105-58(39-134)74(125)103-56(80(131)132)34-44-18-22-46(113)23-19-44/h16-23,40-42,47-59,61-64,110-114,134-135H,8-15,24-39,84-87,89H2,1-7H3,(H2,88,115)(H,95,119)(H,96,117)(H,97,123)(H,98,116)(H,99,118)(H,100,128)(H,101,124)(H,102,129)(H,103,125)(H,104,122)(H,105,120)(H,106,126)(H,107,121)(H,108,127)(H,131,132)(H4,90,91,93)(H3,92,94,133)/t41-,42+,47+,48-,49-,50-,51-,52-,53+,54-,55-,56-,57-,58-,59-,61-,62-,63-,64+/m0/s1. The third-order valence-electron chi connectivity index (χ3n) is 21.7. The van der Waals surface area contributed by atoms with Gasteiger partial charge in [0.15, 0.2) is 5.96 Å². The molecule has 1 aliphatic rings. The molecule has 0 aliphatic carbocycles. The number of guanidine groups is 1. The highest BCUT2D eigenvalue weighted by Gasteiger charge is 2.46. The summed E-state index contributed by atoms with van der Waals surface area (Å²) in [6.45, 7) is 8.11. The maximum atomic E-state index is 14.7. The van der Waals surface area contributed by atoms with Gasteiger partial charge in [-0.2, -0.15) is 25.3 Å². The van der Waals surface area contributed by atoms with Crippen LogP contribution in [0.5, 0.6) is 11.5 Å². The Labute approximate surface area is 791 Å². The van der Waals surface area contributed by atoms with Gasteiger partial charge in [0.05, 0.1) is 31.3 Å². The minimum absolute atomic E-state index is 0.0888. The fourth-order valence-corrected chi connectivity index (χ4v) is 14.2. The topological polar surface area (TPSA) is 856 Å². The van der Waals surface area contributed by atoms with Crippen LogP contribution >= 0.6 is 25.3 Å². The number of aliphatic hydroxyl groups excluding tert-OH is 3. The maximum absolute atomic E-state index is 14.7. The number of aliphatic carboxylic acids is 1. The van der Waals surface area contributed by atoms with Crippen molar-refractivity contribution in [2.45, 2.75) is 258 Å². The van der Waals surface area contributed by atoms with E-state index in [1.54, 1.807) is 27.7 Å². The Bertz CT molecular complexity index is 4330. The van der Waals surface area contributed by atoms with Crippen LogP contribution in [0.3, 0.4) is 0 Å². The van der Waals surface area contributed by atoms with Crippen molar-refractivity contribution in [1.82, 2.24) is 90.0 Å². The third kappa shape index (κ3) is 40.6. The van der Waals surface area contributed by atoms with E-state index in [-0.39, 0.29) is 139 Å². The van der Waals surface area contributed by atoms with Gasteiger partial charge in [0, 0.05) is 49.4 Å². The number of amides is 18. The lowest BCUT2D eigenvalue weighted by Crippen LogP contribution is -2.64. The molecule has 39 N–H and O–H groups in total. The van der Waals surface area contributed by atoms with E-state index in [9.17, 15) is 117 Å². The molecule has 756 valence electrons. The molecule has 135 heavy (non-hydrogen) atoms. The fraction of sp³-hybridized carbons (Fsp3) is 0.627. The zero-order valence-electron chi connectivity index (χ0n) is 76.6. The number of carboxylic acids is 1. The summed E-state index contributed by atoms with van der Waals surface area (Å²) in [6.07, 6.45) is -6.32. The van der Waals surface area contributed by atoms with Gasteiger partial charge < -0.3 is 166 Å². The van der Waals surface area contributed by atoms with E-state index in [4.69, 9.17) is 51.3 Å². The molecule has 1 aliphatic heterocycles. The van der Waals surface area contributed by atoms with Crippen LogP contribution in [0, 0.1) is 17.2 Å². The number of urea groups is 1. The number of β-amino-alcohol motifs (C(OH)–C–C–N with tert-alkyl or cyclic N) is 1. The third-order valence-corrected chi connectivity index (χ3v) is 22.3. The number of rotatable bonds is 61. The summed E-state index contributed by atoms with van der Waals surface area (Å²) in [7, 11) is 0. The average Bonchev–Trinajstić information content (AvgIpc) is 1.63. The monoisotopic (exact) mass is 1950 g/mol. The molecule has 1 heterocycles. The van der Waals surface area contributed by atoms with Gasteiger partial charge in [-0.05, 0) is 158 Å². The minimum atomic E-state index is -2.08. The summed E-state index contributed by atoms with van der Waals surface area (Å²) in [5.74, 6) is -20.9. The number of unbranched alkanes of at least 4 members (excludes halogenated alkanes) is 1. The quantitative estimate of drug-likeness (QED) is 0.0127. The number of carboxylic acid groups (broad SMARTS) is 1. The summed E-state index contributed by atoms with van der Waals surface area (Å²) < 4.78 is -1.50. The normalized spacial score (nSPS) is 16.8. The van der Waals surface area contributed by atoms with Gasteiger partial charge in [-0.15, -0.1) is 0 Å². The van der Waals surface area contributed by atoms with Crippen molar-refractivity contribution in [1.29, 1.82) is 5.41 Å². The molecule has 1 saturated heterocycles. The minimum Gasteiger partial charge on any atom is -0.508 e. The predicted octanol–water partition coefficient (Wildman–Crippen LogP) is -10.5. The van der Waals surface area contributed by atoms with E-state index >= 15 is 0 Å². The molecular weight excluding hydrogens is 1810 g/mol. The van der Waals surface area contributed by atoms with Crippen LogP contribution in [0.25, 0.3) is 0 Å². The highest BCUT2D eigenvalue weighted by molar-refractivity contribution is 7.81. The number of aromatic hydroxyl groups is 2. The number of aliphatic hydroxyl groups is 3. The molecule has 2 aromatic carbocycles. The van der Waals surface area contributed by atoms with Crippen molar-refractivity contribution in [3.63, 3.8) is 0 Å². The number of phenolic OH excluding ortho intramolecular Hbond substituents is 2. The second kappa shape index (κ2) is 59.0. The molecule has 50 nitrogen and oxygen atoms in total. The van der Waals surface area contributed by atoms with E-state index in [1.807, 2.05) is 0 Å². The molecular formula is C83H138N26O24S2. The first-order valence-electron chi connectivity index (χ1n) is 44.1. The van der Waals surface area contributed by atoms with E-state index < -0.39 is 264 Å². The Morgan fingerprint density at radius 3 is 1.27 bits per heavy atom. The number of benzene rings is 2. The van der Waals surface area contributed by atoms with E-state index in [0.29, 0.717) is 12.0 Å². The molecule has 1 fully saturated rings. The van der Waals surface area contributed by atoms with Gasteiger partial charge in [-0.3, -0.25) is 82.1 Å². The summed E-state index contributed by atoms with van der Waals surface area (Å²) in [4.78, 5) is 252. The molecule has 19 atom stereocenters. The van der Waals surface area contributed by atoms with Gasteiger partial charge in [0.1, 0.15) is 102 Å². The lowest BCUT2D eigenvalue weighted by molar-refractivity contribution is -0.142. The van der Waals surface area contributed by atoms with Crippen molar-refractivity contribution < 1.29 is 117 Å². The Balaban J connectivity index is 1.96. The molecule has 0 bridgehead atoms. The largest absolute Gasteiger partial charge is 0.508 e. The first-order chi connectivity index (χ1) is 63.5. The SMILES string of the molecule is CC[C@H](C)[C@H](NC(=O)[C@@H]1C[C@@H](O)CN1C(=O)[C@@H](N)C(C)C)C(=O)N[C@H](C(=O)N[C@@H](Cc1ccc(O)cc1)C(=O)N[C@@H](CO)C(=O)N[C@@H](CC(N)=O)C(=O)N[C@@H](CCCNC(=N)N)C(=O)N[C@@H](CCCNC(N)=O)C(=O)N[C@H](C(=O)N[C@H](CCN)C(=O)N[C@@H](CCCCN)C(=O)N[C@@H](CCN)C(=O)N[C@@H](CCN)C(=O)N[C@@H](CS)C(=O)N[C@@H](Cc1ccc(O)cc1)C(=O)O)[C@@H](C)O)C(C)(C)S. The van der Waals surface area contributed by atoms with Crippen LogP contribution in [-0.4, -0.2) is 320 Å². The Morgan fingerprint density at radius 2 is 0.859 bits per heavy atom.